The van der Waals surface area contributed by atoms with E-state index in [1.54, 1.807) is 0 Å². The molecule has 2 aromatic heterocycles. The molecule has 5 rings (SSSR count). The van der Waals surface area contributed by atoms with Crippen molar-refractivity contribution in [3.05, 3.63) is 77.9 Å². The smallest absolute Gasteiger partial charge is 0.303 e. The Balaban J connectivity index is 1.80. The number of carbonyl (C=O) groups excluding carboxylic acids is 1. The Morgan fingerprint density at radius 3 is 2.75 bits per heavy atom. The molecule has 0 unspecified atom stereocenters. The second-order valence-electron chi connectivity index (χ2n) is 6.95. The van der Waals surface area contributed by atoms with E-state index in [9.17, 15) is 4.79 Å². The summed E-state index contributed by atoms with van der Waals surface area (Å²) in [6.45, 7) is 1.61. The largest absolute Gasteiger partial charge is 0.459 e. The van der Waals surface area contributed by atoms with E-state index < -0.39 is 0 Å². The lowest BCUT2D eigenvalue weighted by atomic mass is 10.00. The van der Waals surface area contributed by atoms with Gasteiger partial charge in [0, 0.05) is 30.5 Å². The number of benzene rings is 2. The van der Waals surface area contributed by atoms with Gasteiger partial charge in [0.15, 0.2) is 0 Å². The van der Waals surface area contributed by atoms with Gasteiger partial charge in [-0.3, -0.25) is 14.3 Å². The first-order valence-electron chi connectivity index (χ1n) is 9.38. The number of carbonyl (C=O) groups is 1. The van der Waals surface area contributed by atoms with Gasteiger partial charge in [0.2, 0.25) is 0 Å². The quantitative estimate of drug-likeness (QED) is 0.507. The Bertz CT molecular complexity index is 1200. The van der Waals surface area contributed by atoms with Crippen molar-refractivity contribution in [3.63, 3.8) is 0 Å². The van der Waals surface area contributed by atoms with Crippen LogP contribution in [-0.4, -0.2) is 20.5 Å². The molecule has 0 aliphatic carbocycles. The number of ether oxygens (including phenoxy) is 1. The Morgan fingerprint density at radius 2 is 1.93 bits per heavy atom. The highest BCUT2D eigenvalue weighted by Gasteiger charge is 2.27. The van der Waals surface area contributed by atoms with E-state index >= 15 is 0 Å². The lowest BCUT2D eigenvalue weighted by Crippen LogP contribution is -2.16. The molecule has 0 bridgehead atoms. The van der Waals surface area contributed by atoms with E-state index in [-0.39, 0.29) is 12.6 Å². The fraction of sp³-hybridized carbons (Fsp3) is 0.174. The van der Waals surface area contributed by atoms with E-state index in [2.05, 4.69) is 27.8 Å². The van der Waals surface area contributed by atoms with Crippen LogP contribution in [0.5, 0.6) is 0 Å². The third-order valence-corrected chi connectivity index (χ3v) is 5.17. The van der Waals surface area contributed by atoms with Gasteiger partial charge in [0.25, 0.3) is 0 Å². The molecule has 0 fully saturated rings. The maximum absolute atomic E-state index is 11.5. The fourth-order valence-corrected chi connectivity index (χ4v) is 3.94. The molecule has 5 nitrogen and oxygen atoms in total. The SMILES string of the molecule is CC(=O)OCc1c(-c2ccccc2)nc2n1-c1c(ccc3cccnc13)CC2. The number of pyridine rings is 1. The summed E-state index contributed by atoms with van der Waals surface area (Å²) in [5, 5.41) is 1.09. The third-order valence-electron chi connectivity index (χ3n) is 5.17. The molecule has 0 spiro atoms. The normalized spacial score (nSPS) is 12.5. The van der Waals surface area contributed by atoms with Crippen molar-refractivity contribution in [2.24, 2.45) is 0 Å². The minimum absolute atomic E-state index is 0.176. The molecular weight excluding hydrogens is 350 g/mol. The summed E-state index contributed by atoms with van der Waals surface area (Å²) in [5.74, 6) is 0.674. The molecule has 0 saturated carbocycles. The molecule has 138 valence electrons. The molecule has 1 aliphatic heterocycles. The summed E-state index contributed by atoms with van der Waals surface area (Å²) in [6, 6.07) is 18.3. The predicted molar refractivity (Wildman–Crippen MR) is 107 cm³/mol. The Labute approximate surface area is 162 Å². The minimum atomic E-state index is -0.304. The van der Waals surface area contributed by atoms with Gasteiger partial charge in [-0.15, -0.1) is 0 Å². The van der Waals surface area contributed by atoms with Crippen LogP contribution in [0.3, 0.4) is 0 Å². The van der Waals surface area contributed by atoms with E-state index in [4.69, 9.17) is 9.72 Å². The van der Waals surface area contributed by atoms with Gasteiger partial charge < -0.3 is 4.74 Å². The number of aryl methyl sites for hydroxylation is 2. The van der Waals surface area contributed by atoms with Crippen LogP contribution in [0.4, 0.5) is 0 Å². The molecule has 3 heterocycles. The van der Waals surface area contributed by atoms with Gasteiger partial charge in [-0.2, -0.15) is 0 Å². The Hall–Kier alpha value is -3.47. The van der Waals surface area contributed by atoms with Crippen molar-refractivity contribution in [3.8, 4) is 16.9 Å². The van der Waals surface area contributed by atoms with Crippen molar-refractivity contribution < 1.29 is 9.53 Å². The topological polar surface area (TPSA) is 57.0 Å². The van der Waals surface area contributed by atoms with Crippen molar-refractivity contribution in [1.29, 1.82) is 0 Å². The van der Waals surface area contributed by atoms with Crippen LogP contribution in [0.25, 0.3) is 27.8 Å². The number of imidazole rings is 1. The third kappa shape index (κ3) is 2.67. The maximum Gasteiger partial charge on any atom is 0.303 e. The molecular formula is C23H19N3O2. The average Bonchev–Trinajstić information content (AvgIpc) is 3.11. The van der Waals surface area contributed by atoms with Crippen LogP contribution in [0, 0.1) is 0 Å². The van der Waals surface area contributed by atoms with Crippen LogP contribution in [0.1, 0.15) is 24.0 Å². The van der Waals surface area contributed by atoms with E-state index in [1.165, 1.54) is 12.5 Å². The zero-order chi connectivity index (χ0) is 19.1. The van der Waals surface area contributed by atoms with Crippen molar-refractivity contribution in [2.75, 3.05) is 0 Å². The number of fused-ring (bicyclic) bond motifs is 5. The lowest BCUT2D eigenvalue weighted by Gasteiger charge is -2.22. The second-order valence-corrected chi connectivity index (χ2v) is 6.95. The van der Waals surface area contributed by atoms with Gasteiger partial charge in [-0.1, -0.05) is 48.5 Å². The van der Waals surface area contributed by atoms with E-state index in [0.29, 0.717) is 0 Å². The van der Waals surface area contributed by atoms with E-state index in [0.717, 1.165) is 52.2 Å². The molecule has 1 aliphatic rings. The van der Waals surface area contributed by atoms with Crippen LogP contribution in [0.15, 0.2) is 60.8 Å². The summed E-state index contributed by atoms with van der Waals surface area (Å²) in [7, 11) is 0. The maximum atomic E-state index is 11.5. The van der Waals surface area contributed by atoms with Crippen molar-refractivity contribution in [1.82, 2.24) is 14.5 Å². The lowest BCUT2D eigenvalue weighted by molar-refractivity contribution is -0.142. The molecule has 0 atom stereocenters. The number of hydrogen-bond donors (Lipinski definition) is 0. The highest BCUT2D eigenvalue weighted by atomic mass is 16.5. The molecule has 5 heteroatoms. The molecule has 0 saturated heterocycles. The number of nitrogens with zero attached hydrogens (tertiary/aromatic N) is 3. The Morgan fingerprint density at radius 1 is 1.07 bits per heavy atom. The minimum Gasteiger partial charge on any atom is -0.459 e. The van der Waals surface area contributed by atoms with Crippen molar-refractivity contribution in [2.45, 2.75) is 26.4 Å². The predicted octanol–water partition coefficient (Wildman–Crippen LogP) is 4.25. The first-order chi connectivity index (χ1) is 13.7. The highest BCUT2D eigenvalue weighted by molar-refractivity contribution is 5.89. The van der Waals surface area contributed by atoms with Gasteiger partial charge in [0.05, 0.1) is 22.6 Å². The highest BCUT2D eigenvalue weighted by Crippen LogP contribution is 2.36. The average molecular weight is 369 g/mol. The van der Waals surface area contributed by atoms with Gasteiger partial charge in [-0.05, 0) is 18.1 Å². The molecule has 0 amide bonds. The molecule has 0 N–H and O–H groups in total. The first kappa shape index (κ1) is 16.7. The summed E-state index contributed by atoms with van der Waals surface area (Å²) in [6.07, 6.45) is 3.57. The summed E-state index contributed by atoms with van der Waals surface area (Å²) in [4.78, 5) is 21.2. The van der Waals surface area contributed by atoms with Crippen molar-refractivity contribution >= 4 is 16.9 Å². The molecule has 0 radical (unpaired) electrons. The molecule has 2 aromatic carbocycles. The summed E-state index contributed by atoms with van der Waals surface area (Å²) in [5.41, 5.74) is 5.99. The standard InChI is InChI=1S/C23H19N3O2/c1-15(27)28-14-19-21(16-6-3-2-4-7-16)25-20-12-11-18-10-9-17-8-5-13-24-22(17)23(18)26(19)20/h2-10,13H,11-12,14H2,1H3. The first-order valence-corrected chi connectivity index (χ1v) is 9.38. The van der Waals surface area contributed by atoms with E-state index in [1.807, 2.05) is 42.6 Å². The number of aromatic nitrogens is 3. The molecule has 28 heavy (non-hydrogen) atoms. The second kappa shape index (κ2) is 6.60. The van der Waals surface area contributed by atoms with Gasteiger partial charge in [0.1, 0.15) is 12.4 Å². The van der Waals surface area contributed by atoms with Crippen LogP contribution in [0.2, 0.25) is 0 Å². The fourth-order valence-electron chi connectivity index (χ4n) is 3.94. The van der Waals surface area contributed by atoms with Gasteiger partial charge >= 0.3 is 5.97 Å². The Kier molecular flexibility index (Phi) is 3.93. The van der Waals surface area contributed by atoms with Crippen LogP contribution >= 0.6 is 0 Å². The number of esters is 1. The van der Waals surface area contributed by atoms with Crippen LogP contribution < -0.4 is 0 Å². The monoisotopic (exact) mass is 369 g/mol. The van der Waals surface area contributed by atoms with Gasteiger partial charge in [-0.25, -0.2) is 4.98 Å². The zero-order valence-electron chi connectivity index (χ0n) is 15.6. The summed E-state index contributed by atoms with van der Waals surface area (Å²) < 4.78 is 7.57. The number of rotatable bonds is 3. The van der Waals surface area contributed by atoms with Crippen LogP contribution in [-0.2, 0) is 29.0 Å². The zero-order valence-corrected chi connectivity index (χ0v) is 15.6. The summed E-state index contributed by atoms with van der Waals surface area (Å²) >= 11 is 0. The number of hydrogen-bond acceptors (Lipinski definition) is 4. The molecule has 4 aromatic rings.